The van der Waals surface area contributed by atoms with E-state index in [-0.39, 0.29) is 5.54 Å². The number of piperidine rings is 1. The van der Waals surface area contributed by atoms with Crippen LogP contribution in [0.25, 0.3) is 0 Å². The van der Waals surface area contributed by atoms with E-state index < -0.39 is 0 Å². The van der Waals surface area contributed by atoms with Crippen molar-refractivity contribution in [2.75, 3.05) is 32.7 Å². The molecule has 0 bridgehead atoms. The molecule has 1 N–H and O–H groups in total. The van der Waals surface area contributed by atoms with Crippen LogP contribution in [-0.4, -0.2) is 60.0 Å². The lowest BCUT2D eigenvalue weighted by atomic mass is 9.85. The number of likely N-dealkylation sites (tertiary alicyclic amines) is 1. The Bertz CT molecular complexity index is 345. The van der Waals surface area contributed by atoms with E-state index in [2.05, 4.69) is 29.0 Å². The molecule has 1 unspecified atom stereocenters. The molecule has 2 heterocycles. The van der Waals surface area contributed by atoms with Gasteiger partial charge in [-0.15, -0.1) is 0 Å². The van der Waals surface area contributed by atoms with Gasteiger partial charge < -0.3 is 10.2 Å². The number of piperazine rings is 1. The van der Waals surface area contributed by atoms with Gasteiger partial charge >= 0.3 is 0 Å². The molecule has 108 valence electrons. The molecule has 1 atom stereocenters. The second-order valence-electron chi connectivity index (χ2n) is 7.01. The number of rotatable bonds is 2. The predicted octanol–water partition coefficient (Wildman–Crippen LogP) is 1.07. The van der Waals surface area contributed by atoms with Crippen molar-refractivity contribution in [2.24, 2.45) is 5.92 Å². The van der Waals surface area contributed by atoms with Gasteiger partial charge in [0.05, 0.1) is 0 Å². The van der Waals surface area contributed by atoms with Gasteiger partial charge in [0.2, 0.25) is 5.91 Å². The SMILES string of the molecule is CC1(C)CC(N2CCNCC2)CCN1C(=O)C1CC1. The summed E-state index contributed by atoms with van der Waals surface area (Å²) >= 11 is 0. The summed E-state index contributed by atoms with van der Waals surface area (Å²) in [6.45, 7) is 10.0. The van der Waals surface area contributed by atoms with Gasteiger partial charge in [0.1, 0.15) is 0 Å². The number of nitrogens with one attached hydrogen (secondary N) is 1. The van der Waals surface area contributed by atoms with E-state index in [1.165, 1.54) is 0 Å². The minimum absolute atomic E-state index is 0.0352. The molecule has 3 aliphatic rings. The topological polar surface area (TPSA) is 35.6 Å². The summed E-state index contributed by atoms with van der Waals surface area (Å²) in [6.07, 6.45) is 4.52. The summed E-state index contributed by atoms with van der Waals surface area (Å²) in [5, 5.41) is 3.42. The zero-order valence-corrected chi connectivity index (χ0v) is 12.3. The fraction of sp³-hybridized carbons (Fsp3) is 0.933. The minimum atomic E-state index is 0.0352. The Kier molecular flexibility index (Phi) is 3.56. The first-order chi connectivity index (χ1) is 9.08. The molecule has 1 aliphatic carbocycles. The molecular formula is C15H27N3O. The van der Waals surface area contributed by atoms with Crippen LogP contribution in [0.1, 0.15) is 39.5 Å². The summed E-state index contributed by atoms with van der Waals surface area (Å²) < 4.78 is 0. The molecule has 1 amide bonds. The third-order valence-corrected chi connectivity index (χ3v) is 5.01. The van der Waals surface area contributed by atoms with Crippen molar-refractivity contribution in [1.82, 2.24) is 15.1 Å². The standard InChI is InChI=1S/C15H27N3O/c1-15(2)11-13(17-9-6-16-7-10-17)5-8-18(15)14(19)12-3-4-12/h12-13,16H,3-11H2,1-2H3. The lowest BCUT2D eigenvalue weighted by molar-refractivity contribution is -0.141. The van der Waals surface area contributed by atoms with E-state index in [1.807, 2.05) is 0 Å². The third kappa shape index (κ3) is 2.79. The number of nitrogens with zero attached hydrogens (tertiary/aromatic N) is 2. The molecule has 3 fully saturated rings. The van der Waals surface area contributed by atoms with E-state index in [1.54, 1.807) is 0 Å². The lowest BCUT2D eigenvalue weighted by Crippen LogP contribution is -2.59. The largest absolute Gasteiger partial charge is 0.337 e. The van der Waals surface area contributed by atoms with Crippen LogP contribution in [0.4, 0.5) is 0 Å². The normalized spacial score (nSPS) is 32.3. The van der Waals surface area contributed by atoms with Gasteiger partial charge in [0.15, 0.2) is 0 Å². The van der Waals surface area contributed by atoms with Crippen molar-refractivity contribution in [3.05, 3.63) is 0 Å². The van der Waals surface area contributed by atoms with Gasteiger partial charge in [-0.2, -0.15) is 0 Å². The van der Waals surface area contributed by atoms with Crippen LogP contribution in [0, 0.1) is 5.92 Å². The van der Waals surface area contributed by atoms with Gasteiger partial charge in [0, 0.05) is 50.2 Å². The van der Waals surface area contributed by atoms with Crippen molar-refractivity contribution in [2.45, 2.75) is 51.1 Å². The maximum absolute atomic E-state index is 12.4. The van der Waals surface area contributed by atoms with E-state index >= 15 is 0 Å². The monoisotopic (exact) mass is 265 g/mol. The maximum atomic E-state index is 12.4. The highest BCUT2D eigenvalue weighted by Crippen LogP contribution is 2.37. The van der Waals surface area contributed by atoms with Gasteiger partial charge in [0.25, 0.3) is 0 Å². The summed E-state index contributed by atoms with van der Waals surface area (Å²) in [4.78, 5) is 17.2. The fourth-order valence-corrected chi connectivity index (χ4v) is 3.69. The molecule has 0 aromatic rings. The van der Waals surface area contributed by atoms with Crippen LogP contribution >= 0.6 is 0 Å². The molecule has 3 rings (SSSR count). The lowest BCUT2D eigenvalue weighted by Gasteiger charge is -2.49. The molecule has 4 heteroatoms. The first-order valence-electron chi connectivity index (χ1n) is 7.84. The highest BCUT2D eigenvalue weighted by Gasteiger charge is 2.43. The molecule has 2 saturated heterocycles. The van der Waals surface area contributed by atoms with Crippen LogP contribution in [0.15, 0.2) is 0 Å². The smallest absolute Gasteiger partial charge is 0.226 e. The molecule has 19 heavy (non-hydrogen) atoms. The maximum Gasteiger partial charge on any atom is 0.226 e. The van der Waals surface area contributed by atoms with E-state index in [4.69, 9.17) is 0 Å². The van der Waals surface area contributed by atoms with Gasteiger partial charge in [-0.05, 0) is 39.5 Å². The summed E-state index contributed by atoms with van der Waals surface area (Å²) in [5.41, 5.74) is 0.0352. The Hall–Kier alpha value is -0.610. The second kappa shape index (κ2) is 5.06. The van der Waals surface area contributed by atoms with Gasteiger partial charge in [-0.3, -0.25) is 9.69 Å². The van der Waals surface area contributed by atoms with Gasteiger partial charge in [-0.1, -0.05) is 0 Å². The number of hydrogen-bond acceptors (Lipinski definition) is 3. The zero-order chi connectivity index (χ0) is 13.5. The van der Waals surface area contributed by atoms with Crippen molar-refractivity contribution in [1.29, 1.82) is 0 Å². The number of amides is 1. The number of carbonyl (C=O) groups excluding carboxylic acids is 1. The Balaban J connectivity index is 1.63. The Morgan fingerprint density at radius 2 is 1.79 bits per heavy atom. The van der Waals surface area contributed by atoms with Crippen molar-refractivity contribution in [3.63, 3.8) is 0 Å². The Morgan fingerprint density at radius 1 is 1.11 bits per heavy atom. The third-order valence-electron chi connectivity index (χ3n) is 5.01. The summed E-state index contributed by atoms with van der Waals surface area (Å²) in [7, 11) is 0. The van der Waals surface area contributed by atoms with Crippen molar-refractivity contribution < 1.29 is 4.79 Å². The number of hydrogen-bond donors (Lipinski definition) is 1. The van der Waals surface area contributed by atoms with E-state index in [0.717, 1.165) is 58.4 Å². The molecular weight excluding hydrogens is 238 g/mol. The average molecular weight is 265 g/mol. The zero-order valence-electron chi connectivity index (χ0n) is 12.3. The summed E-state index contributed by atoms with van der Waals surface area (Å²) in [6, 6.07) is 0.667. The van der Waals surface area contributed by atoms with E-state index in [0.29, 0.717) is 17.9 Å². The van der Waals surface area contributed by atoms with Crippen molar-refractivity contribution >= 4 is 5.91 Å². The van der Waals surface area contributed by atoms with Crippen LogP contribution < -0.4 is 5.32 Å². The molecule has 0 radical (unpaired) electrons. The van der Waals surface area contributed by atoms with Crippen LogP contribution in [0.5, 0.6) is 0 Å². The van der Waals surface area contributed by atoms with Crippen molar-refractivity contribution in [3.8, 4) is 0 Å². The summed E-state index contributed by atoms with van der Waals surface area (Å²) in [5.74, 6) is 0.777. The molecule has 4 nitrogen and oxygen atoms in total. The first-order valence-corrected chi connectivity index (χ1v) is 7.84. The second-order valence-corrected chi connectivity index (χ2v) is 7.01. The van der Waals surface area contributed by atoms with Crippen LogP contribution in [0.2, 0.25) is 0 Å². The molecule has 2 aliphatic heterocycles. The highest BCUT2D eigenvalue weighted by atomic mass is 16.2. The minimum Gasteiger partial charge on any atom is -0.337 e. The molecule has 1 saturated carbocycles. The fourth-order valence-electron chi connectivity index (χ4n) is 3.69. The van der Waals surface area contributed by atoms with Gasteiger partial charge in [-0.25, -0.2) is 0 Å². The highest BCUT2D eigenvalue weighted by molar-refractivity contribution is 5.81. The molecule has 0 aromatic heterocycles. The predicted molar refractivity (Wildman–Crippen MR) is 76.0 cm³/mol. The quantitative estimate of drug-likeness (QED) is 0.811. The molecule has 0 spiro atoms. The van der Waals surface area contributed by atoms with Crippen LogP contribution in [0.3, 0.4) is 0 Å². The number of carbonyl (C=O) groups is 1. The Labute approximate surface area is 116 Å². The van der Waals surface area contributed by atoms with Crippen LogP contribution in [-0.2, 0) is 4.79 Å². The average Bonchev–Trinajstić information content (AvgIpc) is 3.22. The first kappa shape index (κ1) is 13.4. The Morgan fingerprint density at radius 3 is 2.37 bits per heavy atom. The molecule has 0 aromatic carbocycles. The van der Waals surface area contributed by atoms with E-state index in [9.17, 15) is 4.79 Å².